The smallest absolute Gasteiger partial charge is 0.239 e. The molecule has 0 unspecified atom stereocenters. The molecule has 0 spiro atoms. The highest BCUT2D eigenvalue weighted by atomic mass is 16.8. The van der Waals surface area contributed by atoms with Gasteiger partial charge in [0.25, 0.3) is 0 Å². The maximum absolute atomic E-state index is 13.7. The Bertz CT molecular complexity index is 1780. The number of aromatic hydroxyl groups is 3. The van der Waals surface area contributed by atoms with Crippen LogP contribution in [0.5, 0.6) is 23.0 Å². The van der Waals surface area contributed by atoms with Gasteiger partial charge in [0.2, 0.25) is 17.5 Å². The van der Waals surface area contributed by atoms with E-state index in [-0.39, 0.29) is 22.7 Å². The fourth-order valence-electron chi connectivity index (χ4n) is 6.27. The molecule has 0 amide bonds. The summed E-state index contributed by atoms with van der Waals surface area (Å²) in [6.07, 6.45) is -25.6. The number of rotatable bonds is 9. The molecule has 0 radical (unpaired) electrons. The molecule has 2 aromatic carbocycles. The van der Waals surface area contributed by atoms with Crippen LogP contribution in [0, 0.1) is 0 Å². The summed E-state index contributed by atoms with van der Waals surface area (Å²) in [5.74, 6) is -2.21. The van der Waals surface area contributed by atoms with Crippen LogP contribution in [0.15, 0.2) is 45.6 Å². The van der Waals surface area contributed by atoms with Crippen molar-refractivity contribution in [2.75, 3.05) is 13.2 Å². The molecule has 20 nitrogen and oxygen atoms in total. The van der Waals surface area contributed by atoms with Crippen LogP contribution in [0.2, 0.25) is 0 Å². The first kappa shape index (κ1) is 39.0. The second-order valence-corrected chi connectivity index (χ2v) is 12.9. The summed E-state index contributed by atoms with van der Waals surface area (Å²) < 4.78 is 39.3. The van der Waals surface area contributed by atoms with Crippen LogP contribution in [-0.2, 0) is 23.7 Å². The molecule has 3 aliphatic heterocycles. The predicted octanol–water partition coefficient (Wildman–Crippen LogP) is -3.57. The Morgan fingerprint density at radius 1 is 0.679 bits per heavy atom. The zero-order valence-electron chi connectivity index (χ0n) is 27.7. The minimum atomic E-state index is -2.07. The predicted molar refractivity (Wildman–Crippen MR) is 171 cm³/mol. The molecule has 53 heavy (non-hydrogen) atoms. The third-order valence-corrected chi connectivity index (χ3v) is 9.29. The minimum absolute atomic E-state index is 0.138. The molecule has 1 aromatic heterocycles. The van der Waals surface area contributed by atoms with Gasteiger partial charge in [0.05, 0.1) is 19.3 Å². The Kier molecular flexibility index (Phi) is 11.5. The molecule has 0 bridgehead atoms. The van der Waals surface area contributed by atoms with Crippen LogP contribution < -0.4 is 10.2 Å². The van der Waals surface area contributed by atoms with Crippen molar-refractivity contribution >= 4 is 11.0 Å². The quantitative estimate of drug-likeness (QED) is 0.100. The fourth-order valence-corrected chi connectivity index (χ4v) is 6.27. The van der Waals surface area contributed by atoms with Crippen molar-refractivity contribution in [3.05, 3.63) is 46.6 Å². The van der Waals surface area contributed by atoms with Gasteiger partial charge >= 0.3 is 0 Å². The average molecular weight is 757 g/mol. The van der Waals surface area contributed by atoms with E-state index in [4.69, 9.17) is 32.8 Å². The molecule has 3 aliphatic rings. The molecule has 15 atom stereocenters. The Labute approximate surface area is 298 Å². The van der Waals surface area contributed by atoms with E-state index < -0.39 is 133 Å². The molecule has 12 N–H and O–H groups in total. The number of aliphatic hydroxyl groups is 9. The summed E-state index contributed by atoms with van der Waals surface area (Å²) >= 11 is 0. The average Bonchev–Trinajstić information content (AvgIpc) is 3.12. The van der Waals surface area contributed by atoms with E-state index in [1.165, 1.54) is 31.2 Å². The Hall–Kier alpha value is -3.71. The number of phenolic OH excluding ortho intramolecular Hbond substituents is 3. The van der Waals surface area contributed by atoms with Gasteiger partial charge in [-0.25, -0.2) is 0 Å². The molecule has 6 rings (SSSR count). The Morgan fingerprint density at radius 2 is 1.30 bits per heavy atom. The lowest BCUT2D eigenvalue weighted by atomic mass is 9.97. The van der Waals surface area contributed by atoms with Crippen molar-refractivity contribution in [2.45, 2.75) is 99.0 Å². The van der Waals surface area contributed by atoms with E-state index in [1.807, 2.05) is 0 Å². The van der Waals surface area contributed by atoms with Gasteiger partial charge in [0.1, 0.15) is 95.4 Å². The van der Waals surface area contributed by atoms with E-state index in [9.17, 15) is 66.1 Å². The number of phenols is 3. The molecule has 0 aliphatic carbocycles. The van der Waals surface area contributed by atoms with Crippen LogP contribution in [0.1, 0.15) is 6.92 Å². The van der Waals surface area contributed by atoms with E-state index >= 15 is 0 Å². The van der Waals surface area contributed by atoms with Crippen LogP contribution in [0.4, 0.5) is 0 Å². The molecular weight excluding hydrogens is 716 g/mol. The van der Waals surface area contributed by atoms with Gasteiger partial charge in [-0.2, -0.15) is 0 Å². The maximum atomic E-state index is 13.7. The van der Waals surface area contributed by atoms with Crippen molar-refractivity contribution < 1.29 is 94.1 Å². The highest BCUT2D eigenvalue weighted by molar-refractivity contribution is 5.88. The number of aliphatic hydroxyl groups excluding tert-OH is 9. The van der Waals surface area contributed by atoms with Gasteiger partial charge in [0, 0.05) is 17.7 Å². The van der Waals surface area contributed by atoms with Crippen molar-refractivity contribution in [2.24, 2.45) is 0 Å². The Balaban J connectivity index is 1.21. The first-order valence-electron chi connectivity index (χ1n) is 16.4. The van der Waals surface area contributed by atoms with Crippen molar-refractivity contribution in [1.82, 2.24) is 0 Å². The highest BCUT2D eigenvalue weighted by Gasteiger charge is 2.52. The van der Waals surface area contributed by atoms with Gasteiger partial charge in [0.15, 0.2) is 18.3 Å². The highest BCUT2D eigenvalue weighted by Crippen LogP contribution is 2.38. The molecule has 292 valence electrons. The SMILES string of the molecule is C[C@@H]1O[C@@H](OC[C@@H]2O[C@@H](O[C@H]3[C@H](O)[C@@H](O)[C@H](Oc4c(-c5ccc(O)cc5)oc5cc(O)cc(O)c5c4=O)O[C@@H]3CO)[C@H](O)[C@H](O)[C@H]2O)[C@H](O)[C@H](O)[C@H]1O. The van der Waals surface area contributed by atoms with Gasteiger partial charge < -0.3 is 94.1 Å². The van der Waals surface area contributed by atoms with Gasteiger partial charge in [-0.05, 0) is 31.2 Å². The summed E-state index contributed by atoms with van der Waals surface area (Å²) in [5, 5.41) is 124. The maximum Gasteiger partial charge on any atom is 0.239 e. The monoisotopic (exact) mass is 756 g/mol. The zero-order valence-corrected chi connectivity index (χ0v) is 27.7. The molecular formula is C33H40O20. The second kappa shape index (κ2) is 15.6. The van der Waals surface area contributed by atoms with Crippen molar-refractivity contribution in [3.8, 4) is 34.3 Å². The topological polar surface area (TPSA) is 328 Å². The number of fused-ring (bicyclic) bond motifs is 1. The van der Waals surface area contributed by atoms with Crippen LogP contribution in [-0.4, -0.2) is 167 Å². The van der Waals surface area contributed by atoms with Gasteiger partial charge in [-0.3, -0.25) is 4.79 Å². The number of benzene rings is 2. The van der Waals surface area contributed by atoms with E-state index in [0.717, 1.165) is 12.1 Å². The summed E-state index contributed by atoms with van der Waals surface area (Å²) in [7, 11) is 0. The third-order valence-electron chi connectivity index (χ3n) is 9.29. The van der Waals surface area contributed by atoms with Crippen LogP contribution in [0.25, 0.3) is 22.3 Å². The summed E-state index contributed by atoms with van der Waals surface area (Å²) in [5.41, 5.74) is -1.10. The normalized spacial score (nSPS) is 37.8. The van der Waals surface area contributed by atoms with Crippen LogP contribution >= 0.6 is 0 Å². The van der Waals surface area contributed by atoms with Crippen LogP contribution in [0.3, 0.4) is 0 Å². The third kappa shape index (κ3) is 7.52. The summed E-state index contributed by atoms with van der Waals surface area (Å²) in [6.45, 7) is -0.135. The molecule has 4 heterocycles. The van der Waals surface area contributed by atoms with Gasteiger partial charge in [-0.15, -0.1) is 0 Å². The lowest BCUT2D eigenvalue weighted by Crippen LogP contribution is -2.65. The molecule has 3 aromatic rings. The number of hydrogen-bond donors (Lipinski definition) is 12. The summed E-state index contributed by atoms with van der Waals surface area (Å²) in [4.78, 5) is 13.7. The number of ether oxygens (including phenoxy) is 6. The van der Waals surface area contributed by atoms with Crippen molar-refractivity contribution in [1.29, 1.82) is 0 Å². The van der Waals surface area contributed by atoms with Crippen molar-refractivity contribution in [3.63, 3.8) is 0 Å². The van der Waals surface area contributed by atoms with E-state index in [0.29, 0.717) is 0 Å². The van der Waals surface area contributed by atoms with Gasteiger partial charge in [-0.1, -0.05) is 0 Å². The zero-order chi connectivity index (χ0) is 38.5. The Morgan fingerprint density at radius 3 is 1.98 bits per heavy atom. The minimum Gasteiger partial charge on any atom is -0.508 e. The largest absolute Gasteiger partial charge is 0.508 e. The standard InChI is InChI=1S/C33H40O20/c1-10-19(38)22(41)25(44)31(48-10)47-9-17-20(39)23(42)26(45)32(51-17)52-29-16(8-34)50-33(27(46)24(29)43)53-30-21(40)18-14(37)6-13(36)7-15(18)49-28(30)11-2-4-12(35)5-3-11/h2-7,10,16-17,19-20,22-27,29,31-39,41-46H,8-9H2,1H3/t10-,16+,17-,19-,20-,22+,23+,24+,25+,26+,27+,29+,31+,32-,33-/m0/s1. The molecule has 3 fully saturated rings. The lowest BCUT2D eigenvalue weighted by molar-refractivity contribution is -0.359. The molecule has 3 saturated heterocycles. The first-order valence-corrected chi connectivity index (χ1v) is 16.4. The first-order chi connectivity index (χ1) is 25.1. The second-order valence-electron chi connectivity index (χ2n) is 12.9. The van der Waals surface area contributed by atoms with E-state index in [2.05, 4.69) is 0 Å². The molecule has 20 heteroatoms. The van der Waals surface area contributed by atoms with E-state index in [1.54, 1.807) is 0 Å². The fraction of sp³-hybridized carbons (Fsp3) is 0.545. The molecule has 0 saturated carbocycles. The summed E-state index contributed by atoms with van der Waals surface area (Å²) in [6, 6.07) is 7.16. The lowest BCUT2D eigenvalue weighted by Gasteiger charge is -2.46. The number of hydrogen-bond acceptors (Lipinski definition) is 20.